The summed E-state index contributed by atoms with van der Waals surface area (Å²) in [5.41, 5.74) is 21.8. The average molecular weight is 755 g/mol. The molecule has 0 N–H and O–H groups in total. The fourth-order valence-electron chi connectivity index (χ4n) is 10.2. The van der Waals surface area contributed by atoms with Crippen molar-refractivity contribution >= 4 is 38.8 Å². The molecule has 0 spiro atoms. The van der Waals surface area contributed by atoms with Crippen LogP contribution in [-0.2, 0) is 11.8 Å². The van der Waals surface area contributed by atoms with Crippen LogP contribution in [0.15, 0.2) is 188 Å². The lowest BCUT2D eigenvalue weighted by Gasteiger charge is -2.22. The van der Waals surface area contributed by atoms with Gasteiger partial charge in [-0.2, -0.15) is 0 Å². The maximum absolute atomic E-state index is 2.50. The van der Waals surface area contributed by atoms with Gasteiger partial charge >= 0.3 is 0 Å². The maximum Gasteiger partial charge on any atom is 0.0541 e. The Kier molecular flexibility index (Phi) is 7.43. The van der Waals surface area contributed by atoms with E-state index in [9.17, 15) is 0 Å². The minimum Gasteiger partial charge on any atom is -0.313 e. The first-order valence-electron chi connectivity index (χ1n) is 20.9. The first-order valence-corrected chi connectivity index (χ1v) is 20.9. The van der Waals surface area contributed by atoms with Gasteiger partial charge in [0.1, 0.15) is 0 Å². The smallest absolute Gasteiger partial charge is 0.0541 e. The molecule has 2 aliphatic rings. The van der Waals surface area contributed by atoms with Crippen LogP contribution in [0.4, 0.5) is 0 Å². The van der Waals surface area contributed by atoms with E-state index in [0.29, 0.717) is 0 Å². The monoisotopic (exact) mass is 754 g/mol. The lowest BCUT2D eigenvalue weighted by atomic mass is 9.81. The molecule has 280 valence electrons. The number of aromatic nitrogens is 2. The van der Waals surface area contributed by atoms with Gasteiger partial charge in [-0.3, -0.25) is 0 Å². The molecule has 2 aromatic heterocycles. The van der Waals surface area contributed by atoms with Crippen molar-refractivity contribution < 1.29 is 0 Å². The molecule has 2 aliphatic carbocycles. The Morgan fingerprint density at radius 2 is 0.949 bits per heavy atom. The third-order valence-corrected chi connectivity index (χ3v) is 13.2. The second-order valence-corrected chi connectivity index (χ2v) is 16.8. The van der Waals surface area contributed by atoms with Crippen molar-refractivity contribution in [2.24, 2.45) is 0 Å². The molecule has 0 fully saturated rings. The zero-order valence-electron chi connectivity index (χ0n) is 33.3. The topological polar surface area (TPSA) is 9.86 Å². The molecule has 2 heterocycles. The number of nitrogens with zero attached hydrogens (tertiary/aromatic N) is 2. The summed E-state index contributed by atoms with van der Waals surface area (Å²) in [5.74, 6) is 0. The van der Waals surface area contributed by atoms with E-state index < -0.39 is 0 Å². The third-order valence-electron chi connectivity index (χ3n) is 13.2. The Morgan fingerprint density at radius 3 is 1.73 bits per heavy atom. The second-order valence-electron chi connectivity index (χ2n) is 16.8. The van der Waals surface area contributed by atoms with E-state index in [-0.39, 0.29) is 5.41 Å². The predicted molar refractivity (Wildman–Crippen MR) is 249 cm³/mol. The summed E-state index contributed by atoms with van der Waals surface area (Å²) >= 11 is 0. The van der Waals surface area contributed by atoms with Crippen molar-refractivity contribution in [2.45, 2.75) is 32.1 Å². The van der Waals surface area contributed by atoms with Crippen LogP contribution < -0.4 is 0 Å². The first-order chi connectivity index (χ1) is 29.0. The van der Waals surface area contributed by atoms with Gasteiger partial charge < -0.3 is 9.13 Å². The van der Waals surface area contributed by atoms with E-state index in [0.717, 1.165) is 12.8 Å². The van der Waals surface area contributed by atoms with E-state index >= 15 is 0 Å². The van der Waals surface area contributed by atoms with Gasteiger partial charge in [0, 0.05) is 44.2 Å². The molecule has 12 rings (SSSR count). The van der Waals surface area contributed by atoms with Crippen LogP contribution >= 0.6 is 0 Å². The van der Waals surface area contributed by atoms with Crippen molar-refractivity contribution in [3.8, 4) is 55.9 Å². The molecule has 2 heteroatoms. The lowest BCUT2D eigenvalue weighted by molar-refractivity contribution is 0.660. The maximum atomic E-state index is 2.50. The van der Waals surface area contributed by atoms with Crippen molar-refractivity contribution in [1.82, 2.24) is 9.13 Å². The molecular weight excluding hydrogens is 713 g/mol. The molecule has 0 atom stereocenters. The largest absolute Gasteiger partial charge is 0.313 e. The summed E-state index contributed by atoms with van der Waals surface area (Å²) in [4.78, 5) is 0. The Balaban J connectivity index is 0.915. The number of benzene rings is 8. The van der Waals surface area contributed by atoms with E-state index in [4.69, 9.17) is 0 Å². The highest BCUT2D eigenvalue weighted by molar-refractivity contribution is 6.11. The molecule has 0 amide bonds. The van der Waals surface area contributed by atoms with Crippen LogP contribution in [0.2, 0.25) is 0 Å². The standard InChI is InChI=1S/C57H42N2/c1-57(2)51-17-9-6-14-45(51)46-31-24-42(36-52(46)57)39-22-29-44(30-23-39)59-54-19-11-8-16-48(54)50-35-41(26-33-56(50)59)40-25-32-55-49(34-40)47-15-7-10-18-53(47)58(55)43-27-20-38(21-28-43)37-12-4-3-5-13-37/h3-10,12-18,20-36H,11,19H2,1-2H3. The first kappa shape index (κ1) is 33.9. The van der Waals surface area contributed by atoms with Crippen LogP contribution in [0, 0.1) is 0 Å². The number of para-hydroxylation sites is 1. The van der Waals surface area contributed by atoms with Gasteiger partial charge in [0.2, 0.25) is 0 Å². The Bertz CT molecular complexity index is 3320. The van der Waals surface area contributed by atoms with Gasteiger partial charge in [-0.1, -0.05) is 147 Å². The Hall–Kier alpha value is -7.16. The van der Waals surface area contributed by atoms with Crippen molar-refractivity contribution in [2.75, 3.05) is 0 Å². The van der Waals surface area contributed by atoms with Gasteiger partial charge in [-0.15, -0.1) is 0 Å². The molecule has 0 unspecified atom stereocenters. The zero-order chi connectivity index (χ0) is 39.2. The van der Waals surface area contributed by atoms with Crippen molar-refractivity contribution in [3.63, 3.8) is 0 Å². The van der Waals surface area contributed by atoms with Gasteiger partial charge in [-0.25, -0.2) is 0 Å². The second kappa shape index (κ2) is 12.9. The predicted octanol–water partition coefficient (Wildman–Crippen LogP) is 15.0. The SMILES string of the molecule is CC1(C)c2ccccc2-c2ccc(-c3ccc(-n4c5c(c6cc(-c7ccc8c(c7)c7ccccc7n8-c7ccc(-c8ccccc8)cc7)ccc64)C=CCC5)cc3)cc21. The molecule has 2 nitrogen and oxygen atoms in total. The highest BCUT2D eigenvalue weighted by Crippen LogP contribution is 2.49. The molecule has 59 heavy (non-hydrogen) atoms. The summed E-state index contributed by atoms with van der Waals surface area (Å²) in [5, 5.41) is 3.83. The molecular formula is C57H42N2. The van der Waals surface area contributed by atoms with E-state index in [1.54, 1.807) is 0 Å². The molecule has 10 aromatic rings. The minimum absolute atomic E-state index is 0.0160. The summed E-state index contributed by atoms with van der Waals surface area (Å²) < 4.78 is 4.91. The molecule has 0 saturated heterocycles. The van der Waals surface area contributed by atoms with Gasteiger partial charge in [-0.05, 0) is 129 Å². The summed E-state index contributed by atoms with van der Waals surface area (Å²) in [6, 6.07) is 67.6. The molecule has 0 radical (unpaired) electrons. The van der Waals surface area contributed by atoms with Crippen LogP contribution in [0.1, 0.15) is 42.7 Å². The van der Waals surface area contributed by atoms with E-state index in [1.807, 2.05) is 0 Å². The number of fused-ring (bicyclic) bond motifs is 9. The quantitative estimate of drug-likeness (QED) is 0.166. The van der Waals surface area contributed by atoms with Gasteiger partial charge in [0.25, 0.3) is 0 Å². The van der Waals surface area contributed by atoms with Crippen LogP contribution in [0.25, 0.3) is 94.7 Å². The third kappa shape index (κ3) is 5.19. The van der Waals surface area contributed by atoms with E-state index in [2.05, 4.69) is 217 Å². The van der Waals surface area contributed by atoms with Crippen LogP contribution in [0.5, 0.6) is 0 Å². The fraction of sp³-hybridized carbons (Fsp3) is 0.0877. The molecule has 0 saturated carbocycles. The van der Waals surface area contributed by atoms with Crippen LogP contribution in [0.3, 0.4) is 0 Å². The van der Waals surface area contributed by atoms with Gasteiger partial charge in [0.15, 0.2) is 0 Å². The Morgan fingerprint density at radius 1 is 0.407 bits per heavy atom. The molecule has 8 aromatic carbocycles. The average Bonchev–Trinajstić information content (AvgIpc) is 3.89. The fourth-order valence-corrected chi connectivity index (χ4v) is 10.2. The molecule has 0 bridgehead atoms. The number of hydrogen-bond acceptors (Lipinski definition) is 0. The lowest BCUT2D eigenvalue weighted by Crippen LogP contribution is -2.14. The van der Waals surface area contributed by atoms with Crippen molar-refractivity contribution in [3.05, 3.63) is 210 Å². The molecule has 0 aliphatic heterocycles. The Labute approximate surface area is 345 Å². The van der Waals surface area contributed by atoms with Crippen LogP contribution in [-0.4, -0.2) is 9.13 Å². The number of hydrogen-bond donors (Lipinski definition) is 0. The summed E-state index contributed by atoms with van der Waals surface area (Å²) in [6.07, 6.45) is 6.76. The van der Waals surface area contributed by atoms with E-state index in [1.165, 1.54) is 111 Å². The zero-order valence-corrected chi connectivity index (χ0v) is 33.3. The number of allylic oxidation sites excluding steroid dienone is 1. The summed E-state index contributed by atoms with van der Waals surface area (Å²) in [6.45, 7) is 4.71. The summed E-state index contributed by atoms with van der Waals surface area (Å²) in [7, 11) is 0. The highest BCUT2D eigenvalue weighted by Gasteiger charge is 2.35. The van der Waals surface area contributed by atoms with Gasteiger partial charge in [0.05, 0.1) is 16.6 Å². The minimum atomic E-state index is -0.0160. The van der Waals surface area contributed by atoms with Crippen molar-refractivity contribution in [1.29, 1.82) is 0 Å². The highest BCUT2D eigenvalue weighted by atomic mass is 15.0. The normalized spacial score (nSPS) is 13.9. The number of rotatable bonds is 5.